The van der Waals surface area contributed by atoms with Crippen molar-refractivity contribution in [1.29, 1.82) is 0 Å². The van der Waals surface area contributed by atoms with Gasteiger partial charge in [-0.3, -0.25) is 9.48 Å². The maximum Gasteiger partial charge on any atom is 0.264 e. The first-order chi connectivity index (χ1) is 11.5. The molecule has 2 aromatic rings. The van der Waals surface area contributed by atoms with Crippen molar-refractivity contribution >= 4 is 15.9 Å². The Kier molecular flexibility index (Phi) is 4.71. The molecule has 1 N–H and O–H groups in total. The third-order valence-electron chi connectivity index (χ3n) is 4.25. The van der Waals surface area contributed by atoms with Crippen LogP contribution in [0.3, 0.4) is 0 Å². The van der Waals surface area contributed by atoms with Gasteiger partial charge in [-0.25, -0.2) is 13.1 Å². The first-order valence-electron chi connectivity index (χ1n) is 8.17. The maximum atomic E-state index is 12.4. The molecule has 0 bridgehead atoms. The van der Waals surface area contributed by atoms with Crippen LogP contribution in [-0.2, 0) is 40.6 Å². The molecule has 0 aliphatic heterocycles. The minimum Gasteiger partial charge on any atom is -0.274 e. The average molecular weight is 347 g/mol. The summed E-state index contributed by atoms with van der Waals surface area (Å²) in [4.78, 5) is 12.2. The van der Waals surface area contributed by atoms with Crippen molar-refractivity contribution in [2.45, 2.75) is 50.5 Å². The van der Waals surface area contributed by atoms with Gasteiger partial charge in [0.15, 0.2) is 0 Å². The molecule has 7 heteroatoms. The Morgan fingerprint density at radius 3 is 2.71 bits per heavy atom. The van der Waals surface area contributed by atoms with E-state index in [1.807, 2.05) is 13.0 Å². The number of carbonyl (C=O) groups is 1. The van der Waals surface area contributed by atoms with Crippen LogP contribution in [0, 0.1) is 0 Å². The van der Waals surface area contributed by atoms with E-state index >= 15 is 0 Å². The maximum absolute atomic E-state index is 12.4. The van der Waals surface area contributed by atoms with E-state index in [2.05, 4.69) is 9.82 Å². The molecule has 0 radical (unpaired) electrons. The number of sulfonamides is 1. The standard InChI is InChI=1S/C17H21N3O3S/c1-2-20-12-13(11-18-20)9-17(21)19-24(22,23)16-8-7-14-5-3-4-6-15(14)10-16/h7-8,10-12H,2-6,9H2,1H3,(H,19,21). The monoisotopic (exact) mass is 347 g/mol. The molecule has 1 amide bonds. The molecule has 0 atom stereocenters. The highest BCUT2D eigenvalue weighted by molar-refractivity contribution is 7.90. The van der Waals surface area contributed by atoms with E-state index in [1.165, 1.54) is 5.56 Å². The molecule has 0 fully saturated rings. The fourth-order valence-electron chi connectivity index (χ4n) is 2.98. The van der Waals surface area contributed by atoms with Crippen LogP contribution in [0.1, 0.15) is 36.5 Å². The normalized spacial score (nSPS) is 14.2. The molecule has 3 rings (SSSR count). The van der Waals surface area contributed by atoms with Gasteiger partial charge in [0, 0.05) is 12.7 Å². The molecule has 24 heavy (non-hydrogen) atoms. The van der Waals surface area contributed by atoms with Crippen LogP contribution in [0.15, 0.2) is 35.5 Å². The summed E-state index contributed by atoms with van der Waals surface area (Å²) in [5, 5.41) is 4.08. The van der Waals surface area contributed by atoms with Crippen LogP contribution in [0.5, 0.6) is 0 Å². The first-order valence-corrected chi connectivity index (χ1v) is 9.65. The summed E-state index contributed by atoms with van der Waals surface area (Å²) in [6.45, 7) is 2.65. The van der Waals surface area contributed by atoms with Crippen LogP contribution in [0.25, 0.3) is 0 Å². The van der Waals surface area contributed by atoms with Crippen LogP contribution < -0.4 is 4.72 Å². The van der Waals surface area contributed by atoms with Crippen molar-refractivity contribution in [2.24, 2.45) is 0 Å². The molecule has 128 valence electrons. The number of hydrogen-bond donors (Lipinski definition) is 1. The van der Waals surface area contributed by atoms with Crippen LogP contribution in [0.4, 0.5) is 0 Å². The van der Waals surface area contributed by atoms with Gasteiger partial charge in [0.1, 0.15) is 0 Å². The third-order valence-corrected chi connectivity index (χ3v) is 5.62. The summed E-state index contributed by atoms with van der Waals surface area (Å²) in [7, 11) is -3.84. The van der Waals surface area contributed by atoms with Gasteiger partial charge in [0.05, 0.1) is 17.5 Å². The molecule has 1 heterocycles. The number of nitrogens with zero attached hydrogens (tertiary/aromatic N) is 2. The third kappa shape index (κ3) is 3.67. The second-order valence-corrected chi connectivity index (χ2v) is 7.73. The summed E-state index contributed by atoms with van der Waals surface area (Å²) >= 11 is 0. The minimum absolute atomic E-state index is 0.00975. The van der Waals surface area contributed by atoms with Crippen LogP contribution >= 0.6 is 0 Å². The zero-order valence-electron chi connectivity index (χ0n) is 13.7. The van der Waals surface area contributed by atoms with E-state index in [0.717, 1.165) is 31.2 Å². The molecular weight excluding hydrogens is 326 g/mol. The van der Waals surface area contributed by atoms with E-state index in [9.17, 15) is 13.2 Å². The Morgan fingerprint density at radius 2 is 2.00 bits per heavy atom. The second-order valence-electron chi connectivity index (χ2n) is 6.05. The van der Waals surface area contributed by atoms with Crippen molar-refractivity contribution < 1.29 is 13.2 Å². The summed E-state index contributed by atoms with van der Waals surface area (Å²) in [6.07, 6.45) is 7.40. The van der Waals surface area contributed by atoms with E-state index in [1.54, 1.807) is 29.2 Å². The number of fused-ring (bicyclic) bond motifs is 1. The summed E-state index contributed by atoms with van der Waals surface area (Å²) in [6, 6.07) is 5.13. The number of nitrogens with one attached hydrogen (secondary N) is 1. The quantitative estimate of drug-likeness (QED) is 0.895. The van der Waals surface area contributed by atoms with Crippen molar-refractivity contribution in [3.63, 3.8) is 0 Å². The lowest BCUT2D eigenvalue weighted by molar-refractivity contribution is -0.118. The molecule has 1 aromatic carbocycles. The smallest absolute Gasteiger partial charge is 0.264 e. The molecule has 0 saturated heterocycles. The number of aromatic nitrogens is 2. The predicted molar refractivity (Wildman–Crippen MR) is 90.0 cm³/mol. The Morgan fingerprint density at radius 1 is 1.25 bits per heavy atom. The van der Waals surface area contributed by atoms with Crippen molar-refractivity contribution in [3.05, 3.63) is 47.3 Å². The van der Waals surface area contributed by atoms with E-state index in [-0.39, 0.29) is 11.3 Å². The molecule has 1 aliphatic rings. The van der Waals surface area contributed by atoms with Crippen molar-refractivity contribution in [1.82, 2.24) is 14.5 Å². The Labute approximate surface area is 141 Å². The van der Waals surface area contributed by atoms with Crippen molar-refractivity contribution in [2.75, 3.05) is 0 Å². The van der Waals surface area contributed by atoms with Gasteiger partial charge in [-0.15, -0.1) is 0 Å². The zero-order chi connectivity index (χ0) is 17.2. The number of aryl methyl sites for hydroxylation is 3. The number of hydrogen-bond acceptors (Lipinski definition) is 4. The van der Waals surface area contributed by atoms with Gasteiger partial charge in [0.25, 0.3) is 10.0 Å². The largest absolute Gasteiger partial charge is 0.274 e. The zero-order valence-corrected chi connectivity index (χ0v) is 14.5. The van der Waals surface area contributed by atoms with Gasteiger partial charge >= 0.3 is 0 Å². The number of rotatable bonds is 5. The molecule has 0 spiro atoms. The highest BCUT2D eigenvalue weighted by Gasteiger charge is 2.20. The van der Waals surface area contributed by atoms with Gasteiger partial charge in [-0.2, -0.15) is 5.10 Å². The van der Waals surface area contributed by atoms with Crippen molar-refractivity contribution in [3.8, 4) is 0 Å². The molecular formula is C17H21N3O3S. The van der Waals surface area contributed by atoms with Gasteiger partial charge in [0.2, 0.25) is 5.91 Å². The Hall–Kier alpha value is -2.15. The summed E-state index contributed by atoms with van der Waals surface area (Å²) in [5.74, 6) is -0.552. The lowest BCUT2D eigenvalue weighted by Crippen LogP contribution is -2.31. The summed E-state index contributed by atoms with van der Waals surface area (Å²) < 4.78 is 28.7. The highest BCUT2D eigenvalue weighted by atomic mass is 32.2. The minimum atomic E-state index is -3.84. The van der Waals surface area contributed by atoms with E-state index < -0.39 is 15.9 Å². The molecule has 0 saturated carbocycles. The van der Waals surface area contributed by atoms with Crippen LogP contribution in [-0.4, -0.2) is 24.1 Å². The highest BCUT2D eigenvalue weighted by Crippen LogP contribution is 2.24. The first kappa shape index (κ1) is 16.7. The number of amides is 1. The van der Waals surface area contributed by atoms with E-state index in [0.29, 0.717) is 12.1 Å². The second kappa shape index (κ2) is 6.76. The number of benzene rings is 1. The lowest BCUT2D eigenvalue weighted by atomic mass is 9.92. The van der Waals surface area contributed by atoms with Gasteiger partial charge < -0.3 is 0 Å². The lowest BCUT2D eigenvalue weighted by Gasteiger charge is -2.16. The fourth-order valence-corrected chi connectivity index (χ4v) is 4.01. The Bertz CT molecular complexity index is 856. The van der Waals surface area contributed by atoms with E-state index in [4.69, 9.17) is 0 Å². The molecule has 6 nitrogen and oxygen atoms in total. The fraction of sp³-hybridized carbons (Fsp3) is 0.412. The molecule has 1 aliphatic carbocycles. The topological polar surface area (TPSA) is 81.1 Å². The molecule has 0 unspecified atom stereocenters. The van der Waals surface area contributed by atoms with Crippen LogP contribution in [0.2, 0.25) is 0 Å². The number of carbonyl (C=O) groups excluding carboxylic acids is 1. The SMILES string of the molecule is CCn1cc(CC(=O)NS(=O)(=O)c2ccc3c(c2)CCCC3)cn1. The van der Waals surface area contributed by atoms with Gasteiger partial charge in [-0.1, -0.05) is 6.07 Å². The van der Waals surface area contributed by atoms with Gasteiger partial charge in [-0.05, 0) is 61.4 Å². The Balaban J connectivity index is 1.72. The predicted octanol–water partition coefficient (Wildman–Crippen LogP) is 1.83. The average Bonchev–Trinajstić information content (AvgIpc) is 3.01. The molecule has 1 aromatic heterocycles. The summed E-state index contributed by atoms with van der Waals surface area (Å²) in [5.41, 5.74) is 2.97.